The molecule has 3 N–H and O–H groups in total. The fourth-order valence-corrected chi connectivity index (χ4v) is 4.73. The summed E-state index contributed by atoms with van der Waals surface area (Å²) in [6.45, 7) is 1.96. The number of anilines is 1. The smallest absolute Gasteiger partial charge is 0.165 e. The zero-order valence-electron chi connectivity index (χ0n) is 17.5. The molecule has 1 heterocycles. The molecule has 164 valence electrons. The van der Waals surface area contributed by atoms with Gasteiger partial charge in [0, 0.05) is 16.6 Å². The number of benzene rings is 3. The maximum absolute atomic E-state index is 14.1. The Kier molecular flexibility index (Phi) is 5.06. The molecular weight excluding hydrogens is 412 g/mol. The van der Waals surface area contributed by atoms with Crippen LogP contribution < -0.4 is 5.32 Å². The molecule has 1 aliphatic rings. The number of halogens is 2. The third-order valence-electron chi connectivity index (χ3n) is 6.34. The number of hydrogen-bond donors (Lipinski definition) is 3. The Hall–Kier alpha value is -3.45. The molecule has 0 spiro atoms. The standard InChI is InChI=1S/C25H23F2N3O2/c1-2-14-12-22(31)24(17-10-11-19(27)25(32)23(14)17)29-20-4-3-5-21-18(20)13-28-30(21)16-8-6-15(26)7-9-16/h3-11,13-14,22,24,29,31-32H,2,12H2,1H3. The molecular formula is C25H23F2N3O2. The zero-order chi connectivity index (χ0) is 22.4. The van der Waals surface area contributed by atoms with Crippen molar-refractivity contribution in [3.05, 3.63) is 83.6 Å². The molecule has 5 nitrogen and oxygen atoms in total. The predicted molar refractivity (Wildman–Crippen MR) is 119 cm³/mol. The molecule has 0 saturated heterocycles. The summed E-state index contributed by atoms with van der Waals surface area (Å²) >= 11 is 0. The summed E-state index contributed by atoms with van der Waals surface area (Å²) in [5.74, 6) is -1.43. The van der Waals surface area contributed by atoms with Crippen molar-refractivity contribution in [3.63, 3.8) is 0 Å². The molecule has 0 aliphatic heterocycles. The number of aliphatic hydroxyl groups excluding tert-OH is 1. The molecule has 1 aromatic heterocycles. The molecule has 0 radical (unpaired) electrons. The molecule has 0 bridgehead atoms. The number of fused-ring (bicyclic) bond motifs is 2. The van der Waals surface area contributed by atoms with E-state index in [-0.39, 0.29) is 17.5 Å². The van der Waals surface area contributed by atoms with Crippen LogP contribution in [0.1, 0.15) is 42.9 Å². The van der Waals surface area contributed by atoms with Crippen molar-refractivity contribution in [3.8, 4) is 11.4 Å². The van der Waals surface area contributed by atoms with Crippen molar-refractivity contribution in [2.24, 2.45) is 0 Å². The largest absolute Gasteiger partial charge is 0.505 e. The van der Waals surface area contributed by atoms with E-state index in [9.17, 15) is 19.0 Å². The summed E-state index contributed by atoms with van der Waals surface area (Å²) < 4.78 is 29.1. The van der Waals surface area contributed by atoms with E-state index in [0.717, 1.165) is 22.3 Å². The number of phenolic OH excluding ortho intramolecular Hbond substituents is 1. The van der Waals surface area contributed by atoms with Crippen molar-refractivity contribution >= 4 is 16.6 Å². The van der Waals surface area contributed by atoms with E-state index in [1.165, 1.54) is 18.2 Å². The van der Waals surface area contributed by atoms with Crippen molar-refractivity contribution in [1.82, 2.24) is 9.78 Å². The van der Waals surface area contributed by atoms with Gasteiger partial charge in [-0.2, -0.15) is 5.10 Å². The van der Waals surface area contributed by atoms with Crippen LogP contribution in [0.5, 0.6) is 5.75 Å². The Morgan fingerprint density at radius 3 is 2.62 bits per heavy atom. The molecule has 3 unspecified atom stereocenters. The van der Waals surface area contributed by atoms with Crippen LogP contribution in [0.15, 0.2) is 60.8 Å². The van der Waals surface area contributed by atoms with E-state index < -0.39 is 18.0 Å². The lowest BCUT2D eigenvalue weighted by Gasteiger charge is -2.36. The van der Waals surface area contributed by atoms with Crippen LogP contribution in [0, 0.1) is 11.6 Å². The Morgan fingerprint density at radius 1 is 1.09 bits per heavy atom. The van der Waals surface area contributed by atoms with Crippen molar-refractivity contribution in [1.29, 1.82) is 0 Å². The highest BCUT2D eigenvalue weighted by Gasteiger charge is 2.36. The third-order valence-corrected chi connectivity index (χ3v) is 6.34. The first-order chi connectivity index (χ1) is 15.5. The minimum atomic E-state index is -0.709. The molecule has 32 heavy (non-hydrogen) atoms. The van der Waals surface area contributed by atoms with E-state index in [4.69, 9.17) is 0 Å². The minimum absolute atomic E-state index is 0.120. The van der Waals surface area contributed by atoms with Crippen molar-refractivity contribution < 1.29 is 19.0 Å². The molecule has 0 saturated carbocycles. The second-order valence-electron chi connectivity index (χ2n) is 8.20. The summed E-state index contributed by atoms with van der Waals surface area (Å²) in [5.41, 5.74) is 3.56. The fraction of sp³-hybridized carbons (Fsp3) is 0.240. The number of hydrogen-bond acceptors (Lipinski definition) is 4. The highest BCUT2D eigenvalue weighted by atomic mass is 19.1. The molecule has 1 aliphatic carbocycles. The summed E-state index contributed by atoms with van der Waals surface area (Å²) in [4.78, 5) is 0. The molecule has 7 heteroatoms. The highest BCUT2D eigenvalue weighted by Crippen LogP contribution is 2.46. The van der Waals surface area contributed by atoms with Gasteiger partial charge in [0.25, 0.3) is 0 Å². The van der Waals surface area contributed by atoms with Crippen LogP contribution in [-0.4, -0.2) is 26.1 Å². The molecule has 0 amide bonds. The Balaban J connectivity index is 1.56. The van der Waals surface area contributed by atoms with Gasteiger partial charge in [-0.15, -0.1) is 0 Å². The van der Waals surface area contributed by atoms with Gasteiger partial charge in [-0.25, -0.2) is 13.5 Å². The lowest BCUT2D eigenvalue weighted by molar-refractivity contribution is 0.122. The lowest BCUT2D eigenvalue weighted by atomic mass is 9.76. The number of rotatable bonds is 4. The molecule has 4 aromatic rings. The number of nitrogens with one attached hydrogen (secondary N) is 1. The van der Waals surface area contributed by atoms with E-state index in [1.54, 1.807) is 29.1 Å². The van der Waals surface area contributed by atoms with Crippen molar-refractivity contribution in [2.45, 2.75) is 37.8 Å². The normalized spacial score (nSPS) is 20.3. The number of aromatic nitrogens is 2. The number of nitrogens with zero attached hydrogens (tertiary/aromatic N) is 2. The van der Waals surface area contributed by atoms with Gasteiger partial charge in [0.2, 0.25) is 0 Å². The number of phenols is 1. The van der Waals surface area contributed by atoms with E-state index >= 15 is 0 Å². The van der Waals surface area contributed by atoms with Crippen LogP contribution in [0.2, 0.25) is 0 Å². The predicted octanol–water partition coefficient (Wildman–Crippen LogP) is 5.42. The van der Waals surface area contributed by atoms with Gasteiger partial charge in [0.05, 0.1) is 29.5 Å². The first kappa shape index (κ1) is 20.5. The fourth-order valence-electron chi connectivity index (χ4n) is 4.73. The van der Waals surface area contributed by atoms with Crippen LogP contribution in [0.4, 0.5) is 14.5 Å². The van der Waals surface area contributed by atoms with E-state index in [2.05, 4.69) is 10.4 Å². The van der Waals surface area contributed by atoms with Gasteiger partial charge in [0.15, 0.2) is 11.6 Å². The van der Waals surface area contributed by atoms with E-state index in [1.807, 2.05) is 25.1 Å². The minimum Gasteiger partial charge on any atom is -0.505 e. The van der Waals surface area contributed by atoms with Crippen LogP contribution >= 0.6 is 0 Å². The Morgan fingerprint density at radius 2 is 1.88 bits per heavy atom. The molecule has 3 aromatic carbocycles. The maximum atomic E-state index is 14.1. The monoisotopic (exact) mass is 435 g/mol. The van der Waals surface area contributed by atoms with Crippen LogP contribution in [0.25, 0.3) is 16.6 Å². The lowest BCUT2D eigenvalue weighted by Crippen LogP contribution is -2.33. The van der Waals surface area contributed by atoms with Gasteiger partial charge in [-0.1, -0.05) is 19.1 Å². The Labute approximate surface area is 183 Å². The molecule has 5 rings (SSSR count). The average Bonchev–Trinajstić information content (AvgIpc) is 3.23. The first-order valence-corrected chi connectivity index (χ1v) is 10.7. The first-order valence-electron chi connectivity index (χ1n) is 10.7. The van der Waals surface area contributed by atoms with Crippen molar-refractivity contribution in [2.75, 3.05) is 5.32 Å². The molecule has 3 atom stereocenters. The molecule has 0 fully saturated rings. The summed E-state index contributed by atoms with van der Waals surface area (Å²) in [7, 11) is 0. The maximum Gasteiger partial charge on any atom is 0.165 e. The summed E-state index contributed by atoms with van der Waals surface area (Å²) in [6.07, 6.45) is 2.12. The number of aromatic hydroxyl groups is 1. The summed E-state index contributed by atoms with van der Waals surface area (Å²) in [6, 6.07) is 14.1. The number of aliphatic hydroxyl groups is 1. The SMILES string of the molecule is CCC1CC(O)C(Nc2cccc3c2cnn3-c2ccc(F)cc2)c2ccc(F)c(O)c21. The van der Waals surface area contributed by atoms with E-state index in [0.29, 0.717) is 24.0 Å². The van der Waals surface area contributed by atoms with Crippen LogP contribution in [-0.2, 0) is 0 Å². The topological polar surface area (TPSA) is 70.3 Å². The van der Waals surface area contributed by atoms with Gasteiger partial charge in [-0.3, -0.25) is 0 Å². The zero-order valence-corrected chi connectivity index (χ0v) is 17.5. The summed E-state index contributed by atoms with van der Waals surface area (Å²) in [5, 5.41) is 30.0. The van der Waals surface area contributed by atoms with Gasteiger partial charge in [0.1, 0.15) is 5.82 Å². The second kappa shape index (κ2) is 7.91. The van der Waals surface area contributed by atoms with Gasteiger partial charge < -0.3 is 15.5 Å². The van der Waals surface area contributed by atoms with Gasteiger partial charge >= 0.3 is 0 Å². The second-order valence-corrected chi connectivity index (χ2v) is 8.20. The Bertz CT molecular complexity index is 1290. The van der Waals surface area contributed by atoms with Gasteiger partial charge in [-0.05, 0) is 66.8 Å². The average molecular weight is 435 g/mol. The highest BCUT2D eigenvalue weighted by molar-refractivity contribution is 5.92. The quantitative estimate of drug-likeness (QED) is 0.400. The third kappa shape index (κ3) is 3.29. The van der Waals surface area contributed by atoms with Crippen LogP contribution in [0.3, 0.4) is 0 Å².